The Morgan fingerprint density at radius 1 is 1.45 bits per heavy atom. The molecule has 0 amide bonds. The van der Waals surface area contributed by atoms with Gasteiger partial charge in [-0.15, -0.1) is 0 Å². The second kappa shape index (κ2) is 6.09. The predicted molar refractivity (Wildman–Crippen MR) is 76.2 cm³/mol. The molecule has 6 nitrogen and oxygen atoms in total. The number of nitrogens with one attached hydrogen (secondary N) is 1. The smallest absolute Gasteiger partial charge is 0.339 e. The molecule has 0 spiro atoms. The van der Waals surface area contributed by atoms with Gasteiger partial charge in [-0.25, -0.2) is 17.9 Å². The van der Waals surface area contributed by atoms with Crippen LogP contribution in [0.1, 0.15) is 24.2 Å². The minimum absolute atomic E-state index is 0.0859. The van der Waals surface area contributed by atoms with Crippen LogP contribution in [0.25, 0.3) is 0 Å². The fourth-order valence-electron chi connectivity index (χ4n) is 1.46. The van der Waals surface area contributed by atoms with Crippen LogP contribution in [0.3, 0.4) is 0 Å². The predicted octanol–water partition coefficient (Wildman–Crippen LogP) is 1.14. The molecular formula is C12H17ClN2O4S. The van der Waals surface area contributed by atoms with Gasteiger partial charge in [0.25, 0.3) is 0 Å². The highest BCUT2D eigenvalue weighted by Gasteiger charge is 2.29. The van der Waals surface area contributed by atoms with Gasteiger partial charge in [-0.1, -0.05) is 11.6 Å². The van der Waals surface area contributed by atoms with Crippen LogP contribution in [0, 0.1) is 0 Å². The van der Waals surface area contributed by atoms with E-state index in [0.29, 0.717) is 0 Å². The van der Waals surface area contributed by atoms with E-state index < -0.39 is 21.5 Å². The molecule has 112 valence electrons. The minimum atomic E-state index is -3.95. The highest BCUT2D eigenvalue weighted by atomic mass is 35.5. The first kappa shape index (κ1) is 16.9. The number of carbonyl (C=O) groups excluding carboxylic acids is 1. The van der Waals surface area contributed by atoms with Crippen LogP contribution >= 0.6 is 11.6 Å². The molecule has 0 saturated carbocycles. The summed E-state index contributed by atoms with van der Waals surface area (Å²) < 4.78 is 31.7. The molecule has 0 heterocycles. The molecule has 1 aromatic carbocycles. The van der Waals surface area contributed by atoms with E-state index in [9.17, 15) is 13.2 Å². The van der Waals surface area contributed by atoms with Crippen molar-refractivity contribution in [1.82, 2.24) is 4.72 Å². The summed E-state index contributed by atoms with van der Waals surface area (Å²) in [5.74, 6) is -0.757. The van der Waals surface area contributed by atoms with Crippen LogP contribution in [0.2, 0.25) is 5.02 Å². The highest BCUT2D eigenvalue weighted by Crippen LogP contribution is 2.22. The molecule has 0 aliphatic rings. The third-order valence-corrected chi connectivity index (χ3v) is 4.53. The van der Waals surface area contributed by atoms with Crippen molar-refractivity contribution < 1.29 is 17.9 Å². The Morgan fingerprint density at radius 2 is 2.05 bits per heavy atom. The van der Waals surface area contributed by atoms with E-state index in [1.807, 2.05) is 0 Å². The molecule has 8 heteroatoms. The molecule has 0 saturated heterocycles. The number of esters is 1. The number of sulfonamides is 1. The number of nitrogens with two attached hydrogens (primary N) is 1. The van der Waals surface area contributed by atoms with E-state index in [4.69, 9.17) is 17.3 Å². The number of benzene rings is 1. The summed E-state index contributed by atoms with van der Waals surface area (Å²) in [4.78, 5) is 11.4. The summed E-state index contributed by atoms with van der Waals surface area (Å²) in [6, 6.07) is 3.92. The average molecular weight is 321 g/mol. The number of halogens is 1. The van der Waals surface area contributed by atoms with Gasteiger partial charge < -0.3 is 10.5 Å². The normalized spacial score (nSPS) is 12.2. The van der Waals surface area contributed by atoms with Gasteiger partial charge in [-0.2, -0.15) is 0 Å². The second-order valence-electron chi connectivity index (χ2n) is 4.83. The van der Waals surface area contributed by atoms with Crippen molar-refractivity contribution in [3.8, 4) is 0 Å². The monoisotopic (exact) mass is 320 g/mol. The van der Waals surface area contributed by atoms with E-state index in [2.05, 4.69) is 9.46 Å². The fraction of sp³-hybridized carbons (Fsp3) is 0.417. The number of rotatable bonds is 5. The fourth-order valence-corrected chi connectivity index (χ4v) is 3.34. The third-order valence-electron chi connectivity index (χ3n) is 2.56. The Hall–Kier alpha value is -1.15. The van der Waals surface area contributed by atoms with E-state index in [0.717, 1.165) is 0 Å². The first-order valence-electron chi connectivity index (χ1n) is 5.75. The molecule has 0 fully saturated rings. The SMILES string of the molecule is COC(=O)c1ccc(Cl)cc1S(=O)(=O)NC(C)(C)CN. The number of hydrogen-bond donors (Lipinski definition) is 2. The topological polar surface area (TPSA) is 98.5 Å². The Balaban J connectivity index is 3.37. The van der Waals surface area contributed by atoms with Gasteiger partial charge in [0.05, 0.1) is 17.6 Å². The van der Waals surface area contributed by atoms with Crippen LogP contribution in [0.5, 0.6) is 0 Å². The van der Waals surface area contributed by atoms with E-state index in [-0.39, 0.29) is 22.0 Å². The summed E-state index contributed by atoms with van der Waals surface area (Å²) in [6.45, 7) is 3.36. The molecule has 0 unspecified atom stereocenters. The average Bonchev–Trinajstić information content (AvgIpc) is 2.36. The lowest BCUT2D eigenvalue weighted by Gasteiger charge is -2.24. The maximum absolute atomic E-state index is 12.4. The molecule has 0 bridgehead atoms. The second-order valence-corrected chi connectivity index (χ2v) is 6.91. The zero-order valence-corrected chi connectivity index (χ0v) is 13.0. The van der Waals surface area contributed by atoms with Crippen molar-refractivity contribution in [2.75, 3.05) is 13.7 Å². The molecule has 0 radical (unpaired) electrons. The van der Waals surface area contributed by atoms with Crippen molar-refractivity contribution in [2.45, 2.75) is 24.3 Å². The Kier molecular flexibility index (Phi) is 5.15. The lowest BCUT2D eigenvalue weighted by molar-refractivity contribution is 0.0596. The van der Waals surface area contributed by atoms with Gasteiger partial charge >= 0.3 is 5.97 Å². The highest BCUT2D eigenvalue weighted by molar-refractivity contribution is 7.89. The van der Waals surface area contributed by atoms with Crippen LogP contribution in [0.4, 0.5) is 0 Å². The third kappa shape index (κ3) is 3.92. The van der Waals surface area contributed by atoms with E-state index >= 15 is 0 Å². The molecule has 0 atom stereocenters. The van der Waals surface area contributed by atoms with Gasteiger partial charge in [-0.3, -0.25) is 0 Å². The van der Waals surface area contributed by atoms with Gasteiger partial charge in [0, 0.05) is 17.1 Å². The van der Waals surface area contributed by atoms with E-state index in [1.54, 1.807) is 13.8 Å². The van der Waals surface area contributed by atoms with Crippen LogP contribution in [0.15, 0.2) is 23.1 Å². The first-order chi connectivity index (χ1) is 9.13. The molecule has 3 N–H and O–H groups in total. The summed E-state index contributed by atoms with van der Waals surface area (Å²) in [7, 11) is -2.78. The van der Waals surface area contributed by atoms with Crippen molar-refractivity contribution in [1.29, 1.82) is 0 Å². The molecule has 0 aliphatic heterocycles. The lowest BCUT2D eigenvalue weighted by Crippen LogP contribution is -2.48. The van der Waals surface area contributed by atoms with Crippen molar-refractivity contribution in [3.63, 3.8) is 0 Å². The van der Waals surface area contributed by atoms with Crippen molar-refractivity contribution in [2.24, 2.45) is 5.73 Å². The zero-order chi connectivity index (χ0) is 15.6. The van der Waals surface area contributed by atoms with Crippen LogP contribution in [-0.4, -0.2) is 33.6 Å². The largest absolute Gasteiger partial charge is 0.465 e. The van der Waals surface area contributed by atoms with Gasteiger partial charge in [-0.05, 0) is 32.0 Å². The van der Waals surface area contributed by atoms with E-state index in [1.165, 1.54) is 25.3 Å². The standard InChI is InChI=1S/C12H17ClN2O4S/c1-12(2,7-14)15-20(17,18)10-6-8(13)4-5-9(10)11(16)19-3/h4-6,15H,7,14H2,1-3H3. The number of carbonyl (C=O) groups is 1. The Morgan fingerprint density at radius 3 is 2.55 bits per heavy atom. The maximum atomic E-state index is 12.4. The van der Waals surface area contributed by atoms with Gasteiger partial charge in [0.15, 0.2) is 0 Å². The van der Waals surface area contributed by atoms with Gasteiger partial charge in [0.2, 0.25) is 10.0 Å². The minimum Gasteiger partial charge on any atom is -0.465 e. The quantitative estimate of drug-likeness (QED) is 0.793. The summed E-state index contributed by atoms with van der Waals surface area (Å²) in [5, 5.41) is 0.198. The van der Waals surface area contributed by atoms with Crippen molar-refractivity contribution in [3.05, 3.63) is 28.8 Å². The number of hydrogen-bond acceptors (Lipinski definition) is 5. The number of methoxy groups -OCH3 is 1. The molecule has 0 aliphatic carbocycles. The van der Waals surface area contributed by atoms with Crippen LogP contribution in [-0.2, 0) is 14.8 Å². The van der Waals surface area contributed by atoms with Gasteiger partial charge in [0.1, 0.15) is 0 Å². The Labute approximate surface area is 123 Å². The lowest BCUT2D eigenvalue weighted by atomic mass is 10.1. The summed E-state index contributed by atoms with van der Waals surface area (Å²) >= 11 is 5.81. The molecular weight excluding hydrogens is 304 g/mol. The van der Waals surface area contributed by atoms with Crippen molar-refractivity contribution >= 4 is 27.6 Å². The molecule has 20 heavy (non-hydrogen) atoms. The van der Waals surface area contributed by atoms with Crippen LogP contribution < -0.4 is 10.5 Å². The summed E-state index contributed by atoms with van der Waals surface area (Å²) in [5.41, 5.74) is 4.56. The zero-order valence-electron chi connectivity index (χ0n) is 11.4. The Bertz CT molecular complexity index is 614. The number of ether oxygens (including phenoxy) is 1. The molecule has 1 aromatic rings. The molecule has 1 rings (SSSR count). The molecule has 0 aromatic heterocycles. The maximum Gasteiger partial charge on any atom is 0.339 e. The summed E-state index contributed by atoms with van der Waals surface area (Å²) in [6.07, 6.45) is 0. The first-order valence-corrected chi connectivity index (χ1v) is 7.61.